The molecule has 0 spiro atoms. The Kier molecular flexibility index (Phi) is 3.07. The fraction of sp³-hybridized carbons (Fsp3) is 0.667. The van der Waals surface area contributed by atoms with Crippen LogP contribution in [0, 0.1) is 12.8 Å². The van der Waals surface area contributed by atoms with Gasteiger partial charge in [0.1, 0.15) is 12.4 Å². The number of rotatable bonds is 1. The summed E-state index contributed by atoms with van der Waals surface area (Å²) in [6, 6.07) is 0.188. The van der Waals surface area contributed by atoms with E-state index < -0.39 is 0 Å². The number of ether oxygens (including phenoxy) is 1. The van der Waals surface area contributed by atoms with Crippen LogP contribution in [0.5, 0.6) is 0 Å². The van der Waals surface area contributed by atoms with Crippen LogP contribution in [0.1, 0.15) is 31.0 Å². The van der Waals surface area contributed by atoms with Crippen LogP contribution < -0.4 is 5.73 Å². The third kappa shape index (κ3) is 2.14. The summed E-state index contributed by atoms with van der Waals surface area (Å²) < 4.78 is 11.3. The normalized spacial score (nSPS) is 36.0. The Morgan fingerprint density at radius 3 is 3.06 bits per heavy atom. The lowest BCUT2D eigenvalue weighted by Gasteiger charge is -2.38. The molecule has 0 radical (unpaired) electrons. The number of oxazole rings is 1. The van der Waals surface area contributed by atoms with Gasteiger partial charge in [0.25, 0.3) is 0 Å². The molecule has 0 aliphatic carbocycles. The molecule has 1 fully saturated rings. The summed E-state index contributed by atoms with van der Waals surface area (Å²) >= 11 is 1.65. The van der Waals surface area contributed by atoms with Crippen molar-refractivity contribution in [2.45, 2.75) is 37.7 Å². The van der Waals surface area contributed by atoms with Gasteiger partial charge in [0.15, 0.2) is 5.17 Å². The van der Waals surface area contributed by atoms with Gasteiger partial charge in [-0.05, 0) is 19.3 Å². The molecule has 0 amide bonds. The van der Waals surface area contributed by atoms with Gasteiger partial charge in [-0.1, -0.05) is 18.7 Å². The minimum atomic E-state index is -0.0440. The number of hydrogen-bond acceptors (Lipinski definition) is 6. The first-order valence-electron chi connectivity index (χ1n) is 6.17. The number of amidine groups is 1. The number of aliphatic imine (C=N–C) groups is 1. The molecule has 4 unspecified atom stereocenters. The molecule has 2 N–H and O–H groups in total. The minimum Gasteiger partial charge on any atom is -0.446 e. The summed E-state index contributed by atoms with van der Waals surface area (Å²) in [6.07, 6.45) is 2.52. The van der Waals surface area contributed by atoms with Gasteiger partial charge >= 0.3 is 0 Å². The molecule has 3 heterocycles. The lowest BCUT2D eigenvalue weighted by Crippen LogP contribution is -2.42. The van der Waals surface area contributed by atoms with Crippen molar-refractivity contribution in [3.8, 4) is 0 Å². The van der Waals surface area contributed by atoms with Crippen LogP contribution >= 0.6 is 11.8 Å². The summed E-state index contributed by atoms with van der Waals surface area (Å²) in [5.74, 6) is 1.17. The van der Waals surface area contributed by atoms with Gasteiger partial charge in [-0.3, -0.25) is 4.99 Å². The van der Waals surface area contributed by atoms with E-state index in [4.69, 9.17) is 14.9 Å². The van der Waals surface area contributed by atoms with E-state index in [1.807, 2.05) is 6.92 Å². The van der Waals surface area contributed by atoms with Gasteiger partial charge in [0, 0.05) is 5.25 Å². The molecule has 2 aliphatic heterocycles. The standard InChI is InChI=1S/C12H17N3O2S/c1-6-4-17-11(14-6)10-3-8-7(2)18-12(13)15-9(8)5-16-10/h4,7-10H,3,5H2,1-2H3,(H2,13,15). The molecule has 4 atom stereocenters. The molecule has 1 aromatic rings. The van der Waals surface area contributed by atoms with Crippen LogP contribution in [-0.4, -0.2) is 28.1 Å². The van der Waals surface area contributed by atoms with Gasteiger partial charge in [-0.2, -0.15) is 0 Å². The first kappa shape index (κ1) is 12.0. The van der Waals surface area contributed by atoms with Crippen LogP contribution in [0.25, 0.3) is 0 Å². The Morgan fingerprint density at radius 2 is 2.33 bits per heavy atom. The van der Waals surface area contributed by atoms with E-state index in [-0.39, 0.29) is 12.1 Å². The number of hydrogen-bond donors (Lipinski definition) is 1. The van der Waals surface area contributed by atoms with Crippen molar-refractivity contribution in [2.24, 2.45) is 16.6 Å². The SMILES string of the molecule is Cc1coc(C2CC3C(CO2)N=C(N)SC3C)n1. The molecular formula is C12H17N3O2S. The van der Waals surface area contributed by atoms with Gasteiger partial charge < -0.3 is 14.9 Å². The zero-order valence-corrected chi connectivity index (χ0v) is 11.3. The van der Waals surface area contributed by atoms with Crippen molar-refractivity contribution in [3.63, 3.8) is 0 Å². The van der Waals surface area contributed by atoms with E-state index in [9.17, 15) is 0 Å². The molecule has 0 saturated carbocycles. The molecule has 0 aromatic carbocycles. The molecule has 5 nitrogen and oxygen atoms in total. The van der Waals surface area contributed by atoms with Crippen LogP contribution in [0.3, 0.4) is 0 Å². The van der Waals surface area contributed by atoms with Crippen molar-refractivity contribution in [2.75, 3.05) is 6.61 Å². The Bertz CT molecular complexity index is 474. The fourth-order valence-electron chi connectivity index (χ4n) is 2.61. The summed E-state index contributed by atoms with van der Waals surface area (Å²) in [5.41, 5.74) is 6.70. The van der Waals surface area contributed by atoms with E-state index >= 15 is 0 Å². The van der Waals surface area contributed by atoms with Crippen molar-refractivity contribution < 1.29 is 9.15 Å². The zero-order chi connectivity index (χ0) is 12.7. The quantitative estimate of drug-likeness (QED) is 0.841. The molecule has 0 bridgehead atoms. The zero-order valence-electron chi connectivity index (χ0n) is 10.5. The number of aromatic nitrogens is 1. The highest BCUT2D eigenvalue weighted by Crippen LogP contribution is 2.40. The maximum absolute atomic E-state index is 5.82. The Hall–Kier alpha value is -1.01. The largest absolute Gasteiger partial charge is 0.446 e. The highest BCUT2D eigenvalue weighted by atomic mass is 32.2. The predicted molar refractivity (Wildman–Crippen MR) is 70.5 cm³/mol. The Morgan fingerprint density at radius 1 is 1.50 bits per heavy atom. The smallest absolute Gasteiger partial charge is 0.223 e. The van der Waals surface area contributed by atoms with Gasteiger partial charge in [0.2, 0.25) is 5.89 Å². The van der Waals surface area contributed by atoms with E-state index in [1.165, 1.54) is 0 Å². The summed E-state index contributed by atoms with van der Waals surface area (Å²) in [5, 5.41) is 1.15. The Labute approximate surface area is 110 Å². The van der Waals surface area contributed by atoms with Gasteiger partial charge in [-0.25, -0.2) is 4.98 Å². The third-order valence-corrected chi connectivity index (χ3v) is 4.63. The van der Waals surface area contributed by atoms with E-state index in [0.29, 0.717) is 28.8 Å². The van der Waals surface area contributed by atoms with E-state index in [1.54, 1.807) is 18.0 Å². The first-order chi connectivity index (χ1) is 8.63. The molecule has 2 aliphatic rings. The molecule has 18 heavy (non-hydrogen) atoms. The topological polar surface area (TPSA) is 73.6 Å². The highest BCUT2D eigenvalue weighted by molar-refractivity contribution is 8.14. The Balaban J connectivity index is 1.77. The average molecular weight is 267 g/mol. The number of nitrogens with two attached hydrogens (primary N) is 1. The van der Waals surface area contributed by atoms with Gasteiger partial charge in [0.05, 0.1) is 18.3 Å². The molecule has 1 saturated heterocycles. The third-order valence-electron chi connectivity index (χ3n) is 3.56. The molecule has 6 heteroatoms. The molecular weight excluding hydrogens is 250 g/mol. The summed E-state index contributed by atoms with van der Waals surface area (Å²) in [6.45, 7) is 4.72. The maximum atomic E-state index is 5.82. The number of aryl methyl sites for hydroxylation is 1. The van der Waals surface area contributed by atoms with Crippen molar-refractivity contribution in [3.05, 3.63) is 17.8 Å². The molecule has 98 valence electrons. The van der Waals surface area contributed by atoms with Crippen LogP contribution in [0.2, 0.25) is 0 Å². The molecule has 3 rings (SSSR count). The highest BCUT2D eigenvalue weighted by Gasteiger charge is 2.39. The maximum Gasteiger partial charge on any atom is 0.223 e. The van der Waals surface area contributed by atoms with E-state index in [2.05, 4.69) is 16.9 Å². The number of thioether (sulfide) groups is 1. The van der Waals surface area contributed by atoms with Crippen molar-refractivity contribution in [1.29, 1.82) is 0 Å². The van der Waals surface area contributed by atoms with Gasteiger partial charge in [-0.15, -0.1) is 0 Å². The lowest BCUT2D eigenvalue weighted by molar-refractivity contribution is -0.0359. The average Bonchev–Trinajstić information content (AvgIpc) is 2.75. The fourth-order valence-corrected chi connectivity index (χ4v) is 3.66. The second-order valence-corrected chi connectivity index (χ2v) is 6.30. The lowest BCUT2D eigenvalue weighted by atomic mass is 9.88. The van der Waals surface area contributed by atoms with E-state index in [0.717, 1.165) is 12.1 Å². The van der Waals surface area contributed by atoms with Crippen LogP contribution in [0.15, 0.2) is 15.7 Å². The monoisotopic (exact) mass is 267 g/mol. The van der Waals surface area contributed by atoms with Crippen LogP contribution in [-0.2, 0) is 4.74 Å². The van der Waals surface area contributed by atoms with Crippen molar-refractivity contribution in [1.82, 2.24) is 4.98 Å². The van der Waals surface area contributed by atoms with Crippen molar-refractivity contribution >= 4 is 16.9 Å². The first-order valence-corrected chi connectivity index (χ1v) is 7.05. The number of fused-ring (bicyclic) bond motifs is 1. The number of nitrogens with zero attached hydrogens (tertiary/aromatic N) is 2. The minimum absolute atomic E-state index is 0.0440. The summed E-state index contributed by atoms with van der Waals surface area (Å²) in [7, 11) is 0. The summed E-state index contributed by atoms with van der Waals surface area (Å²) in [4.78, 5) is 8.82. The molecule has 1 aromatic heterocycles. The predicted octanol–water partition coefficient (Wildman–Crippen LogP) is 1.88. The second-order valence-electron chi connectivity index (χ2n) is 4.91. The second kappa shape index (κ2) is 4.59. The van der Waals surface area contributed by atoms with Crippen LogP contribution in [0.4, 0.5) is 0 Å².